The molecular formula is C15H13N3OS. The zero-order chi connectivity index (χ0) is 13.5. The molecule has 2 aromatic heterocycles. The fourth-order valence-electron chi connectivity index (χ4n) is 2.67. The van der Waals surface area contributed by atoms with Gasteiger partial charge in [0.1, 0.15) is 5.01 Å². The third kappa shape index (κ3) is 1.78. The van der Waals surface area contributed by atoms with Gasteiger partial charge in [-0.2, -0.15) is 9.61 Å². The van der Waals surface area contributed by atoms with Gasteiger partial charge in [-0.25, -0.2) is 4.98 Å². The molecule has 1 aliphatic rings. The zero-order valence-corrected chi connectivity index (χ0v) is 11.7. The summed E-state index contributed by atoms with van der Waals surface area (Å²) in [5, 5.41) is 5.30. The second kappa shape index (κ2) is 4.52. The van der Waals surface area contributed by atoms with Gasteiger partial charge in [-0.3, -0.25) is 4.79 Å². The van der Waals surface area contributed by atoms with Gasteiger partial charge in [-0.05, 0) is 25.7 Å². The monoisotopic (exact) mass is 283 g/mol. The average Bonchev–Trinajstić information content (AvgIpc) is 2.93. The van der Waals surface area contributed by atoms with Crippen LogP contribution in [0.25, 0.3) is 15.5 Å². The topological polar surface area (TPSA) is 47.3 Å². The van der Waals surface area contributed by atoms with Crippen molar-refractivity contribution in [2.24, 2.45) is 0 Å². The lowest BCUT2D eigenvalue weighted by Crippen LogP contribution is -2.24. The van der Waals surface area contributed by atoms with Gasteiger partial charge in [0, 0.05) is 11.1 Å². The molecule has 0 fully saturated rings. The lowest BCUT2D eigenvalue weighted by Gasteiger charge is -2.12. The van der Waals surface area contributed by atoms with Gasteiger partial charge in [0.05, 0.1) is 5.69 Å². The number of aromatic nitrogens is 3. The van der Waals surface area contributed by atoms with Gasteiger partial charge >= 0.3 is 0 Å². The number of benzene rings is 1. The number of rotatable bonds is 1. The van der Waals surface area contributed by atoms with Crippen LogP contribution in [0.1, 0.15) is 24.1 Å². The van der Waals surface area contributed by atoms with E-state index in [0.717, 1.165) is 47.5 Å². The number of hydrogen-bond acceptors (Lipinski definition) is 4. The Hall–Kier alpha value is -2.01. The van der Waals surface area contributed by atoms with E-state index in [1.807, 2.05) is 30.3 Å². The van der Waals surface area contributed by atoms with Crippen molar-refractivity contribution in [2.75, 3.05) is 0 Å². The highest BCUT2D eigenvalue weighted by molar-refractivity contribution is 7.19. The minimum absolute atomic E-state index is 0.0168. The number of fused-ring (bicyclic) bond motifs is 2. The van der Waals surface area contributed by atoms with Crippen molar-refractivity contribution in [3.05, 3.63) is 51.9 Å². The molecule has 0 aliphatic heterocycles. The molecule has 1 aliphatic carbocycles. The number of hydrogen-bond donors (Lipinski definition) is 0. The van der Waals surface area contributed by atoms with Gasteiger partial charge in [0.25, 0.3) is 5.56 Å². The Labute approximate surface area is 119 Å². The normalized spacial score (nSPS) is 14.4. The molecule has 4 rings (SSSR count). The summed E-state index contributed by atoms with van der Waals surface area (Å²) in [6, 6.07) is 9.93. The maximum absolute atomic E-state index is 12.5. The maximum Gasteiger partial charge on any atom is 0.278 e. The van der Waals surface area contributed by atoms with E-state index in [2.05, 4.69) is 10.1 Å². The first-order valence-corrected chi connectivity index (χ1v) is 7.61. The van der Waals surface area contributed by atoms with Crippen LogP contribution in [-0.4, -0.2) is 14.6 Å². The first-order chi connectivity index (χ1) is 9.83. The molecular weight excluding hydrogens is 270 g/mol. The molecule has 0 N–H and O–H groups in total. The van der Waals surface area contributed by atoms with Crippen LogP contribution in [0.4, 0.5) is 0 Å². The molecule has 100 valence electrons. The summed E-state index contributed by atoms with van der Waals surface area (Å²) in [5.74, 6) is 0. The second-order valence-electron chi connectivity index (χ2n) is 5.02. The van der Waals surface area contributed by atoms with E-state index in [-0.39, 0.29) is 5.56 Å². The third-order valence-electron chi connectivity index (χ3n) is 3.70. The quantitative estimate of drug-likeness (QED) is 0.690. The summed E-state index contributed by atoms with van der Waals surface area (Å²) < 4.78 is 1.47. The molecule has 0 atom stereocenters. The summed E-state index contributed by atoms with van der Waals surface area (Å²) in [5.41, 5.74) is 2.88. The molecule has 0 saturated carbocycles. The summed E-state index contributed by atoms with van der Waals surface area (Å²) in [7, 11) is 0. The van der Waals surface area contributed by atoms with Crippen molar-refractivity contribution in [2.45, 2.75) is 25.7 Å². The van der Waals surface area contributed by atoms with Crippen LogP contribution >= 0.6 is 11.3 Å². The molecule has 0 radical (unpaired) electrons. The lowest BCUT2D eigenvalue weighted by atomic mass is 9.97. The second-order valence-corrected chi connectivity index (χ2v) is 5.97. The van der Waals surface area contributed by atoms with Crippen molar-refractivity contribution in [3.63, 3.8) is 0 Å². The first-order valence-electron chi connectivity index (χ1n) is 6.80. The predicted molar refractivity (Wildman–Crippen MR) is 79.2 cm³/mol. The first kappa shape index (κ1) is 11.8. The Morgan fingerprint density at radius 2 is 1.90 bits per heavy atom. The smallest absolute Gasteiger partial charge is 0.267 e. The lowest BCUT2D eigenvalue weighted by molar-refractivity contribution is 0.652. The molecule has 0 saturated heterocycles. The van der Waals surface area contributed by atoms with E-state index in [0.29, 0.717) is 4.96 Å². The molecule has 0 spiro atoms. The van der Waals surface area contributed by atoms with E-state index in [4.69, 9.17) is 0 Å². The Morgan fingerprint density at radius 1 is 1.10 bits per heavy atom. The van der Waals surface area contributed by atoms with Gasteiger partial charge in [0.2, 0.25) is 4.96 Å². The van der Waals surface area contributed by atoms with Gasteiger partial charge in [-0.15, -0.1) is 0 Å². The van der Waals surface area contributed by atoms with E-state index >= 15 is 0 Å². The predicted octanol–water partition coefficient (Wildman–Crippen LogP) is 2.70. The highest BCUT2D eigenvalue weighted by Crippen LogP contribution is 2.25. The Balaban J connectivity index is 1.96. The number of aryl methyl sites for hydroxylation is 1. The molecule has 1 aromatic carbocycles. The summed E-state index contributed by atoms with van der Waals surface area (Å²) >= 11 is 1.48. The Kier molecular flexibility index (Phi) is 2.67. The van der Waals surface area contributed by atoms with Crippen molar-refractivity contribution in [1.29, 1.82) is 0 Å². The molecule has 0 unspecified atom stereocenters. The van der Waals surface area contributed by atoms with E-state index in [9.17, 15) is 4.79 Å². The van der Waals surface area contributed by atoms with Gasteiger partial charge in [0.15, 0.2) is 0 Å². The van der Waals surface area contributed by atoms with Gasteiger partial charge in [-0.1, -0.05) is 41.7 Å². The molecule has 2 heterocycles. The van der Waals surface area contributed by atoms with Crippen LogP contribution < -0.4 is 5.56 Å². The van der Waals surface area contributed by atoms with Crippen molar-refractivity contribution < 1.29 is 0 Å². The fourth-order valence-corrected chi connectivity index (χ4v) is 3.59. The summed E-state index contributed by atoms with van der Waals surface area (Å²) in [4.78, 5) is 17.8. The van der Waals surface area contributed by atoms with Crippen molar-refractivity contribution in [1.82, 2.24) is 14.6 Å². The van der Waals surface area contributed by atoms with Crippen molar-refractivity contribution in [3.8, 4) is 10.6 Å². The average molecular weight is 283 g/mol. The maximum atomic E-state index is 12.5. The van der Waals surface area contributed by atoms with Crippen LogP contribution in [0.3, 0.4) is 0 Å². The van der Waals surface area contributed by atoms with Crippen LogP contribution in [0.5, 0.6) is 0 Å². The molecule has 5 heteroatoms. The largest absolute Gasteiger partial charge is 0.278 e. The van der Waals surface area contributed by atoms with Crippen LogP contribution in [0.2, 0.25) is 0 Å². The van der Waals surface area contributed by atoms with Crippen molar-refractivity contribution >= 4 is 16.3 Å². The fraction of sp³-hybridized carbons (Fsp3) is 0.267. The molecule has 4 nitrogen and oxygen atoms in total. The van der Waals surface area contributed by atoms with Gasteiger partial charge < -0.3 is 0 Å². The Morgan fingerprint density at radius 3 is 2.75 bits per heavy atom. The SMILES string of the molecule is O=c1c2c(nc3sc(-c4ccccc4)nn13)CCCC2. The number of nitrogens with zero attached hydrogens (tertiary/aromatic N) is 3. The van der Waals surface area contributed by atoms with Crippen LogP contribution in [-0.2, 0) is 12.8 Å². The standard InChI is InChI=1S/C15H13N3OS/c19-14-11-8-4-5-9-12(11)16-15-18(14)17-13(20-15)10-6-2-1-3-7-10/h1-3,6-7H,4-5,8-9H2. The van der Waals surface area contributed by atoms with E-state index in [1.54, 1.807) is 0 Å². The minimum atomic E-state index is 0.0168. The van der Waals surface area contributed by atoms with E-state index < -0.39 is 0 Å². The third-order valence-corrected chi connectivity index (χ3v) is 4.66. The highest BCUT2D eigenvalue weighted by atomic mass is 32.1. The van der Waals surface area contributed by atoms with Crippen LogP contribution in [0, 0.1) is 0 Å². The minimum Gasteiger partial charge on any atom is -0.267 e. The van der Waals surface area contributed by atoms with Crippen LogP contribution in [0.15, 0.2) is 35.1 Å². The molecule has 3 aromatic rings. The molecule has 0 bridgehead atoms. The summed E-state index contributed by atoms with van der Waals surface area (Å²) in [6.07, 6.45) is 3.95. The highest BCUT2D eigenvalue weighted by Gasteiger charge is 2.18. The Bertz CT molecular complexity index is 835. The molecule has 20 heavy (non-hydrogen) atoms. The zero-order valence-electron chi connectivity index (χ0n) is 10.9. The van der Waals surface area contributed by atoms with E-state index in [1.165, 1.54) is 15.9 Å². The molecule has 0 amide bonds. The summed E-state index contributed by atoms with van der Waals surface area (Å²) in [6.45, 7) is 0.